The van der Waals surface area contributed by atoms with E-state index < -0.39 is 5.97 Å². The molecule has 80 valence electrons. The van der Waals surface area contributed by atoms with Crippen LogP contribution in [0.2, 0.25) is 0 Å². The zero-order valence-electron chi connectivity index (χ0n) is 8.11. The van der Waals surface area contributed by atoms with Crippen LogP contribution < -0.4 is 0 Å². The molecule has 0 aromatic carbocycles. The van der Waals surface area contributed by atoms with Crippen LogP contribution in [0.5, 0.6) is 0 Å². The number of carbonyl (C=O) groups excluding carboxylic acids is 2. The van der Waals surface area contributed by atoms with E-state index in [4.69, 9.17) is 4.74 Å². The predicted molar refractivity (Wildman–Crippen MR) is 48.6 cm³/mol. The summed E-state index contributed by atoms with van der Waals surface area (Å²) in [5.41, 5.74) is 0. The summed E-state index contributed by atoms with van der Waals surface area (Å²) in [5, 5.41) is 0. The smallest absolute Gasteiger partial charge is 0.313 e. The Morgan fingerprint density at radius 2 is 2.14 bits per heavy atom. The van der Waals surface area contributed by atoms with Gasteiger partial charge in [-0.05, 0) is 13.0 Å². The van der Waals surface area contributed by atoms with E-state index in [1.165, 1.54) is 0 Å². The molecule has 1 aliphatic rings. The number of nitrogens with zero attached hydrogens (tertiary/aromatic N) is 1. The van der Waals surface area contributed by atoms with Crippen molar-refractivity contribution >= 4 is 12.4 Å². The SMILES string of the molecule is O=COC(=O)CCCN1CCOCC1. The van der Waals surface area contributed by atoms with Gasteiger partial charge in [0.05, 0.1) is 13.2 Å². The molecule has 0 aromatic heterocycles. The second-order valence-electron chi connectivity index (χ2n) is 3.14. The Bertz CT molecular complexity index is 189. The lowest BCUT2D eigenvalue weighted by Gasteiger charge is -2.26. The van der Waals surface area contributed by atoms with E-state index in [1.54, 1.807) is 0 Å². The third kappa shape index (κ3) is 4.34. The minimum Gasteiger partial charge on any atom is -0.395 e. The number of carbonyl (C=O) groups is 2. The van der Waals surface area contributed by atoms with Crippen molar-refractivity contribution in [3.8, 4) is 0 Å². The van der Waals surface area contributed by atoms with E-state index in [-0.39, 0.29) is 6.47 Å². The summed E-state index contributed by atoms with van der Waals surface area (Å²) >= 11 is 0. The highest BCUT2D eigenvalue weighted by atomic mass is 16.6. The number of rotatable bonds is 5. The van der Waals surface area contributed by atoms with Gasteiger partial charge >= 0.3 is 12.4 Å². The van der Waals surface area contributed by atoms with Gasteiger partial charge < -0.3 is 9.47 Å². The average Bonchev–Trinajstić information content (AvgIpc) is 2.20. The van der Waals surface area contributed by atoms with Crippen LogP contribution in [0.15, 0.2) is 0 Å². The molecule has 0 radical (unpaired) electrons. The van der Waals surface area contributed by atoms with Gasteiger partial charge in [-0.1, -0.05) is 0 Å². The molecule has 1 fully saturated rings. The summed E-state index contributed by atoms with van der Waals surface area (Å²) in [5.74, 6) is -0.451. The zero-order valence-corrected chi connectivity index (χ0v) is 8.11. The van der Waals surface area contributed by atoms with Gasteiger partial charge in [0.1, 0.15) is 0 Å². The lowest BCUT2D eigenvalue weighted by molar-refractivity contribution is -0.151. The number of morpholine rings is 1. The van der Waals surface area contributed by atoms with Gasteiger partial charge in [-0.15, -0.1) is 0 Å². The van der Waals surface area contributed by atoms with Crippen LogP contribution in [0, 0.1) is 0 Å². The number of hydrogen-bond acceptors (Lipinski definition) is 5. The van der Waals surface area contributed by atoms with Crippen LogP contribution in [0.1, 0.15) is 12.8 Å². The van der Waals surface area contributed by atoms with Gasteiger partial charge in [-0.2, -0.15) is 0 Å². The lowest BCUT2D eigenvalue weighted by Crippen LogP contribution is -2.37. The molecule has 1 rings (SSSR count). The van der Waals surface area contributed by atoms with E-state index in [9.17, 15) is 9.59 Å². The molecule has 0 unspecified atom stereocenters. The summed E-state index contributed by atoms with van der Waals surface area (Å²) in [6, 6.07) is 0. The number of hydrogen-bond donors (Lipinski definition) is 0. The van der Waals surface area contributed by atoms with E-state index in [0.29, 0.717) is 6.42 Å². The molecule has 0 aliphatic carbocycles. The van der Waals surface area contributed by atoms with Crippen LogP contribution >= 0.6 is 0 Å². The van der Waals surface area contributed by atoms with Gasteiger partial charge in [-0.3, -0.25) is 14.5 Å². The molecule has 1 heterocycles. The Morgan fingerprint density at radius 1 is 1.43 bits per heavy atom. The van der Waals surface area contributed by atoms with Crippen molar-refractivity contribution in [3.05, 3.63) is 0 Å². The van der Waals surface area contributed by atoms with Crippen LogP contribution in [-0.2, 0) is 19.1 Å². The predicted octanol–water partition coefficient (Wildman–Crippen LogP) is -0.202. The largest absolute Gasteiger partial charge is 0.395 e. The maximum absolute atomic E-state index is 10.8. The van der Waals surface area contributed by atoms with Crippen LogP contribution in [0.4, 0.5) is 0 Å². The Morgan fingerprint density at radius 3 is 2.79 bits per heavy atom. The topological polar surface area (TPSA) is 55.8 Å². The third-order valence-electron chi connectivity index (χ3n) is 2.14. The molecule has 0 atom stereocenters. The molecule has 0 N–H and O–H groups in total. The lowest BCUT2D eigenvalue weighted by atomic mass is 10.3. The molecular formula is C9H15NO4. The number of ether oxygens (including phenoxy) is 2. The van der Waals surface area contributed by atoms with E-state index in [1.807, 2.05) is 0 Å². The molecular weight excluding hydrogens is 186 g/mol. The maximum Gasteiger partial charge on any atom is 0.313 e. The fourth-order valence-electron chi connectivity index (χ4n) is 1.38. The van der Waals surface area contributed by atoms with Crippen molar-refractivity contribution in [2.45, 2.75) is 12.8 Å². The molecule has 14 heavy (non-hydrogen) atoms. The van der Waals surface area contributed by atoms with E-state index >= 15 is 0 Å². The summed E-state index contributed by atoms with van der Waals surface area (Å²) in [7, 11) is 0. The fraction of sp³-hybridized carbons (Fsp3) is 0.778. The Hall–Kier alpha value is -0.940. The normalized spacial score (nSPS) is 17.7. The fourth-order valence-corrected chi connectivity index (χ4v) is 1.38. The third-order valence-corrected chi connectivity index (χ3v) is 2.14. The minimum absolute atomic E-state index is 0.178. The van der Waals surface area contributed by atoms with Crippen LogP contribution in [0.3, 0.4) is 0 Å². The first-order valence-electron chi connectivity index (χ1n) is 4.76. The quantitative estimate of drug-likeness (QED) is 0.350. The van der Waals surface area contributed by atoms with Gasteiger partial charge in [0.25, 0.3) is 0 Å². The van der Waals surface area contributed by atoms with Gasteiger partial charge in [0, 0.05) is 19.5 Å². The van der Waals surface area contributed by atoms with Crippen molar-refractivity contribution in [1.29, 1.82) is 0 Å². The monoisotopic (exact) mass is 201 g/mol. The minimum atomic E-state index is -0.451. The number of esters is 1. The first-order valence-corrected chi connectivity index (χ1v) is 4.76. The average molecular weight is 201 g/mol. The first kappa shape index (κ1) is 11.1. The van der Waals surface area contributed by atoms with Crippen molar-refractivity contribution in [3.63, 3.8) is 0 Å². The Kier molecular flexibility index (Phi) is 5.17. The van der Waals surface area contributed by atoms with E-state index in [0.717, 1.165) is 39.3 Å². The van der Waals surface area contributed by atoms with Crippen LogP contribution in [0.25, 0.3) is 0 Å². The van der Waals surface area contributed by atoms with E-state index in [2.05, 4.69) is 9.64 Å². The van der Waals surface area contributed by atoms with Crippen molar-refractivity contribution in [2.75, 3.05) is 32.8 Å². The van der Waals surface area contributed by atoms with Crippen molar-refractivity contribution in [1.82, 2.24) is 4.90 Å². The molecule has 0 aromatic rings. The van der Waals surface area contributed by atoms with Crippen molar-refractivity contribution in [2.24, 2.45) is 0 Å². The molecule has 0 amide bonds. The van der Waals surface area contributed by atoms with Crippen molar-refractivity contribution < 1.29 is 19.1 Å². The zero-order chi connectivity index (χ0) is 10.2. The molecule has 0 spiro atoms. The first-order chi connectivity index (χ1) is 6.83. The molecule has 1 aliphatic heterocycles. The highest BCUT2D eigenvalue weighted by Gasteiger charge is 2.10. The molecule has 5 heteroatoms. The van der Waals surface area contributed by atoms with Crippen LogP contribution in [-0.4, -0.2) is 50.2 Å². The highest BCUT2D eigenvalue weighted by Crippen LogP contribution is 2.00. The second kappa shape index (κ2) is 6.50. The Labute approximate surface area is 83.0 Å². The summed E-state index contributed by atoms with van der Waals surface area (Å²) < 4.78 is 9.35. The standard InChI is InChI=1S/C9H15NO4/c11-8-14-9(12)2-1-3-10-4-6-13-7-5-10/h8H,1-7H2. The highest BCUT2D eigenvalue weighted by molar-refractivity contribution is 5.76. The summed E-state index contributed by atoms with van der Waals surface area (Å²) in [6.45, 7) is 4.40. The second-order valence-corrected chi connectivity index (χ2v) is 3.14. The molecule has 1 saturated heterocycles. The van der Waals surface area contributed by atoms with Gasteiger partial charge in [-0.25, -0.2) is 0 Å². The maximum atomic E-state index is 10.8. The summed E-state index contributed by atoms with van der Waals surface area (Å²) in [6.07, 6.45) is 1.03. The van der Waals surface area contributed by atoms with Gasteiger partial charge in [0.2, 0.25) is 0 Å². The Balaban J connectivity index is 2.02. The molecule has 5 nitrogen and oxygen atoms in total. The molecule has 0 saturated carbocycles. The summed E-state index contributed by atoms with van der Waals surface area (Å²) in [4.78, 5) is 22.8. The molecule has 0 bridgehead atoms. The van der Waals surface area contributed by atoms with Gasteiger partial charge in [0.15, 0.2) is 0 Å².